The third kappa shape index (κ3) is 6.07. The van der Waals surface area contributed by atoms with Crippen molar-refractivity contribution in [1.82, 2.24) is 4.90 Å². The largest absolute Gasteiger partial charge is 0.376 e. The van der Waals surface area contributed by atoms with E-state index < -0.39 is 0 Å². The fourth-order valence-corrected chi connectivity index (χ4v) is 3.32. The van der Waals surface area contributed by atoms with Crippen molar-refractivity contribution in [3.8, 4) is 0 Å². The fourth-order valence-electron chi connectivity index (χ4n) is 3.32. The number of nitrogens with one attached hydrogen (secondary N) is 3. The van der Waals surface area contributed by atoms with Crippen LogP contribution in [0, 0.1) is 0 Å². The molecular weight excluding hydrogens is 380 g/mol. The normalized spacial score (nSPS) is 13.4. The first-order valence-electron chi connectivity index (χ1n) is 10.4. The summed E-state index contributed by atoms with van der Waals surface area (Å²) in [6.45, 7) is 3.50. The second-order valence-corrected chi connectivity index (χ2v) is 7.31. The van der Waals surface area contributed by atoms with Crippen LogP contribution < -0.4 is 16.0 Å². The van der Waals surface area contributed by atoms with E-state index in [0.717, 1.165) is 31.6 Å². The van der Waals surface area contributed by atoms with E-state index in [-0.39, 0.29) is 24.3 Å². The van der Waals surface area contributed by atoms with E-state index in [4.69, 9.17) is 0 Å². The van der Waals surface area contributed by atoms with Gasteiger partial charge in [0, 0.05) is 42.1 Å². The maximum absolute atomic E-state index is 12.5. The molecule has 0 saturated carbocycles. The number of likely N-dealkylation sites (tertiary alicyclic amines) is 1. The molecule has 3 rings (SSSR count). The van der Waals surface area contributed by atoms with Gasteiger partial charge >= 0.3 is 0 Å². The number of hydrogen-bond acceptors (Lipinski definition) is 4. The number of hydrogen-bond donors (Lipinski definition) is 3. The highest BCUT2D eigenvalue weighted by Gasteiger charge is 2.18. The minimum Gasteiger partial charge on any atom is -0.376 e. The van der Waals surface area contributed by atoms with Crippen molar-refractivity contribution in [2.45, 2.75) is 32.6 Å². The molecule has 0 aromatic heterocycles. The van der Waals surface area contributed by atoms with Gasteiger partial charge in [-0.3, -0.25) is 14.4 Å². The fraction of sp³-hybridized carbons (Fsp3) is 0.348. The van der Waals surface area contributed by atoms with Gasteiger partial charge in [0.1, 0.15) is 0 Å². The van der Waals surface area contributed by atoms with Crippen molar-refractivity contribution < 1.29 is 14.4 Å². The summed E-state index contributed by atoms with van der Waals surface area (Å²) in [6, 6.07) is 14.2. The molecule has 0 unspecified atom stereocenters. The van der Waals surface area contributed by atoms with E-state index in [9.17, 15) is 14.4 Å². The van der Waals surface area contributed by atoms with Crippen LogP contribution in [0.5, 0.6) is 0 Å². The van der Waals surface area contributed by atoms with Crippen molar-refractivity contribution in [2.75, 3.05) is 35.6 Å². The van der Waals surface area contributed by atoms with Gasteiger partial charge in [-0.2, -0.15) is 0 Å². The highest BCUT2D eigenvalue weighted by atomic mass is 16.2. The van der Waals surface area contributed by atoms with Crippen molar-refractivity contribution in [1.29, 1.82) is 0 Å². The summed E-state index contributed by atoms with van der Waals surface area (Å²) < 4.78 is 0. The van der Waals surface area contributed by atoms with Gasteiger partial charge in [0.15, 0.2) is 0 Å². The molecule has 1 heterocycles. The van der Waals surface area contributed by atoms with E-state index >= 15 is 0 Å². The summed E-state index contributed by atoms with van der Waals surface area (Å²) in [5, 5.41) is 8.65. The Balaban J connectivity index is 1.49. The number of benzene rings is 2. The third-order valence-corrected chi connectivity index (χ3v) is 4.98. The Bertz CT molecular complexity index is 890. The lowest BCUT2D eigenvalue weighted by molar-refractivity contribution is -0.116. The molecule has 0 radical (unpaired) electrons. The Morgan fingerprint density at radius 3 is 2.20 bits per heavy atom. The molecule has 158 valence electrons. The molecule has 1 aliphatic heterocycles. The van der Waals surface area contributed by atoms with Gasteiger partial charge in [0.05, 0.1) is 6.54 Å². The smallest absolute Gasteiger partial charge is 0.253 e. The van der Waals surface area contributed by atoms with Gasteiger partial charge < -0.3 is 20.9 Å². The second-order valence-electron chi connectivity index (χ2n) is 7.31. The maximum atomic E-state index is 12.5. The molecule has 2 aromatic carbocycles. The lowest BCUT2D eigenvalue weighted by atomic mass is 10.1. The lowest BCUT2D eigenvalue weighted by Gasteiger charge is -2.26. The zero-order chi connectivity index (χ0) is 21.3. The topological polar surface area (TPSA) is 90.5 Å². The number of amides is 3. The predicted octanol–water partition coefficient (Wildman–Crippen LogP) is 3.71. The Morgan fingerprint density at radius 1 is 0.833 bits per heavy atom. The van der Waals surface area contributed by atoms with Crippen molar-refractivity contribution in [3.05, 3.63) is 54.1 Å². The van der Waals surface area contributed by atoms with E-state index in [1.807, 2.05) is 17.0 Å². The summed E-state index contributed by atoms with van der Waals surface area (Å²) in [5.74, 6) is -0.218. The Labute approximate surface area is 176 Å². The van der Waals surface area contributed by atoms with Gasteiger partial charge in [0.25, 0.3) is 5.91 Å². The molecule has 3 N–H and O–H groups in total. The molecule has 1 saturated heterocycles. The molecule has 0 spiro atoms. The van der Waals surface area contributed by atoms with Crippen LogP contribution in [0.25, 0.3) is 0 Å². The molecule has 3 amide bonds. The quantitative estimate of drug-likeness (QED) is 0.651. The molecule has 7 nitrogen and oxygen atoms in total. The van der Waals surface area contributed by atoms with Crippen LogP contribution in [0.15, 0.2) is 48.5 Å². The van der Waals surface area contributed by atoms with Crippen LogP contribution in [0.2, 0.25) is 0 Å². The summed E-state index contributed by atoms with van der Waals surface area (Å²) in [7, 11) is 0. The zero-order valence-electron chi connectivity index (χ0n) is 17.2. The van der Waals surface area contributed by atoms with Gasteiger partial charge in [-0.05, 0) is 61.7 Å². The van der Waals surface area contributed by atoms with Crippen LogP contribution in [0.3, 0.4) is 0 Å². The molecule has 0 bridgehead atoms. The third-order valence-electron chi connectivity index (χ3n) is 4.98. The van der Waals surface area contributed by atoms with Gasteiger partial charge in [0.2, 0.25) is 11.8 Å². The molecular formula is C23H28N4O3. The molecule has 30 heavy (non-hydrogen) atoms. The summed E-state index contributed by atoms with van der Waals surface area (Å²) in [4.78, 5) is 38.1. The van der Waals surface area contributed by atoms with Gasteiger partial charge in [-0.15, -0.1) is 0 Å². The minimum atomic E-state index is -0.201. The van der Waals surface area contributed by atoms with E-state index in [2.05, 4.69) is 16.0 Å². The first kappa shape index (κ1) is 21.4. The van der Waals surface area contributed by atoms with Gasteiger partial charge in [-0.25, -0.2) is 0 Å². The van der Waals surface area contributed by atoms with Crippen LogP contribution in [0.1, 0.15) is 43.0 Å². The molecule has 7 heteroatoms. The van der Waals surface area contributed by atoms with E-state index in [1.165, 1.54) is 6.42 Å². The molecule has 2 aromatic rings. The lowest BCUT2D eigenvalue weighted by Crippen LogP contribution is -2.35. The Kier molecular flexibility index (Phi) is 7.43. The van der Waals surface area contributed by atoms with Crippen LogP contribution in [-0.4, -0.2) is 42.3 Å². The zero-order valence-corrected chi connectivity index (χ0v) is 17.2. The van der Waals surface area contributed by atoms with E-state index in [1.54, 1.807) is 43.3 Å². The monoisotopic (exact) mass is 408 g/mol. The molecule has 0 atom stereocenters. The standard InChI is InChI=1S/C23H28N4O3/c1-2-21(28)26-20-8-6-7-19(15-20)24-16-22(29)25-18-11-9-17(10-12-18)23(30)27-13-4-3-5-14-27/h6-12,15,24H,2-5,13-14,16H2,1H3,(H,25,29)(H,26,28). The Hall–Kier alpha value is -3.35. The average molecular weight is 409 g/mol. The number of piperidine rings is 1. The summed E-state index contributed by atoms with van der Waals surface area (Å²) in [5.41, 5.74) is 2.70. The average Bonchev–Trinajstić information content (AvgIpc) is 2.78. The SMILES string of the molecule is CCC(=O)Nc1cccc(NCC(=O)Nc2ccc(C(=O)N3CCCCC3)cc2)c1. The molecule has 0 aliphatic carbocycles. The predicted molar refractivity (Wildman–Crippen MR) is 119 cm³/mol. The first-order chi connectivity index (χ1) is 14.5. The minimum absolute atomic E-state index is 0.0456. The second kappa shape index (κ2) is 10.4. The number of nitrogens with zero attached hydrogens (tertiary/aromatic N) is 1. The maximum Gasteiger partial charge on any atom is 0.253 e. The van der Waals surface area contributed by atoms with Gasteiger partial charge in [-0.1, -0.05) is 13.0 Å². The number of carbonyl (C=O) groups excluding carboxylic acids is 3. The number of anilines is 3. The van der Waals surface area contributed by atoms with Crippen LogP contribution in [-0.2, 0) is 9.59 Å². The summed E-state index contributed by atoms with van der Waals surface area (Å²) >= 11 is 0. The highest BCUT2D eigenvalue weighted by molar-refractivity contribution is 5.97. The molecule has 1 fully saturated rings. The highest BCUT2D eigenvalue weighted by Crippen LogP contribution is 2.17. The first-order valence-corrected chi connectivity index (χ1v) is 10.4. The Morgan fingerprint density at radius 2 is 1.50 bits per heavy atom. The number of rotatable bonds is 7. The van der Waals surface area contributed by atoms with Crippen molar-refractivity contribution in [2.24, 2.45) is 0 Å². The van der Waals surface area contributed by atoms with E-state index in [0.29, 0.717) is 23.4 Å². The van der Waals surface area contributed by atoms with Crippen molar-refractivity contribution >= 4 is 34.8 Å². The van der Waals surface area contributed by atoms with Crippen molar-refractivity contribution in [3.63, 3.8) is 0 Å². The van der Waals surface area contributed by atoms with Crippen LogP contribution >= 0.6 is 0 Å². The molecule has 1 aliphatic rings. The summed E-state index contributed by atoms with van der Waals surface area (Å²) in [6.07, 6.45) is 3.70. The number of carbonyl (C=O) groups is 3. The van der Waals surface area contributed by atoms with Crippen LogP contribution in [0.4, 0.5) is 17.1 Å².